The van der Waals surface area contributed by atoms with E-state index in [0.717, 1.165) is 37.7 Å². The minimum atomic E-state index is -1.08. The quantitative estimate of drug-likeness (QED) is 0.405. The number of benzene rings is 2. The van der Waals surface area contributed by atoms with Gasteiger partial charge in [-0.2, -0.15) is 0 Å². The van der Waals surface area contributed by atoms with Gasteiger partial charge >= 0.3 is 6.09 Å². The summed E-state index contributed by atoms with van der Waals surface area (Å²) in [6, 6.07) is 13.5. The van der Waals surface area contributed by atoms with Crippen LogP contribution in [0.3, 0.4) is 0 Å². The standard InChI is InChI=1S/C31H43N3O5/c1-21(2)34(27(24-18-12-13-19-26(24)35)28(36)32-23-16-10-7-11-17-23)29(37)25(20-22-14-8-6-9-15-22)33-30(38)39-31(3,4)5/h6,8-9,12-15,18-19,21,23,25,27,35H,7,10-11,16-17,20H2,1-5H3,(H,32,36)(H,33,38). The fourth-order valence-electron chi connectivity index (χ4n) is 5.02. The third-order valence-electron chi connectivity index (χ3n) is 6.79. The van der Waals surface area contributed by atoms with E-state index in [0.29, 0.717) is 5.56 Å². The second-order valence-corrected chi connectivity index (χ2v) is 11.5. The maximum absolute atomic E-state index is 14.3. The second-order valence-electron chi connectivity index (χ2n) is 11.5. The number of amides is 3. The molecule has 0 radical (unpaired) electrons. The van der Waals surface area contributed by atoms with Crippen molar-refractivity contribution in [1.82, 2.24) is 15.5 Å². The number of hydrogen-bond donors (Lipinski definition) is 3. The van der Waals surface area contributed by atoms with Crippen LogP contribution in [0, 0.1) is 0 Å². The molecule has 0 heterocycles. The van der Waals surface area contributed by atoms with Gasteiger partial charge in [0.05, 0.1) is 0 Å². The number of alkyl carbamates (subject to hydrolysis) is 1. The number of nitrogens with zero attached hydrogens (tertiary/aromatic N) is 1. The number of ether oxygens (including phenoxy) is 1. The van der Waals surface area contributed by atoms with Crippen LogP contribution in [0.4, 0.5) is 4.79 Å². The topological polar surface area (TPSA) is 108 Å². The highest BCUT2D eigenvalue weighted by atomic mass is 16.6. The molecule has 2 atom stereocenters. The minimum absolute atomic E-state index is 0.0173. The molecule has 2 unspecified atom stereocenters. The Hall–Kier alpha value is -3.55. The number of rotatable bonds is 9. The number of aromatic hydroxyl groups is 1. The number of carbonyl (C=O) groups excluding carboxylic acids is 3. The Morgan fingerprint density at radius 2 is 1.59 bits per heavy atom. The molecule has 3 N–H and O–H groups in total. The van der Waals surface area contributed by atoms with Gasteiger partial charge in [0.1, 0.15) is 23.4 Å². The Labute approximate surface area is 232 Å². The van der Waals surface area contributed by atoms with Crippen molar-refractivity contribution in [2.24, 2.45) is 0 Å². The van der Waals surface area contributed by atoms with Crippen molar-refractivity contribution in [2.45, 2.75) is 103 Å². The summed E-state index contributed by atoms with van der Waals surface area (Å²) in [5, 5.41) is 16.7. The first kappa shape index (κ1) is 30.0. The predicted molar refractivity (Wildman–Crippen MR) is 151 cm³/mol. The molecule has 0 aliphatic heterocycles. The fourth-order valence-corrected chi connectivity index (χ4v) is 5.02. The summed E-state index contributed by atoms with van der Waals surface area (Å²) >= 11 is 0. The van der Waals surface area contributed by atoms with Gasteiger partial charge in [0.2, 0.25) is 11.8 Å². The lowest BCUT2D eigenvalue weighted by Gasteiger charge is -2.38. The largest absolute Gasteiger partial charge is 0.508 e. The zero-order chi connectivity index (χ0) is 28.6. The number of phenols is 1. The van der Waals surface area contributed by atoms with Gasteiger partial charge in [-0.1, -0.05) is 67.8 Å². The van der Waals surface area contributed by atoms with Crippen molar-refractivity contribution < 1.29 is 24.2 Å². The molecule has 1 fully saturated rings. The zero-order valence-electron chi connectivity index (χ0n) is 23.8. The molecule has 2 aromatic rings. The van der Waals surface area contributed by atoms with Crippen LogP contribution in [0.25, 0.3) is 0 Å². The maximum Gasteiger partial charge on any atom is 0.408 e. The lowest BCUT2D eigenvalue weighted by molar-refractivity contribution is -0.145. The third kappa shape index (κ3) is 8.73. The van der Waals surface area contributed by atoms with Crippen molar-refractivity contribution in [2.75, 3.05) is 0 Å². The van der Waals surface area contributed by atoms with Crippen molar-refractivity contribution in [3.63, 3.8) is 0 Å². The molecule has 3 rings (SSSR count). The van der Waals surface area contributed by atoms with E-state index < -0.39 is 35.7 Å². The molecule has 2 aromatic carbocycles. The molecule has 3 amide bonds. The van der Waals surface area contributed by atoms with Gasteiger partial charge in [-0.3, -0.25) is 9.59 Å². The van der Waals surface area contributed by atoms with Gasteiger partial charge in [-0.15, -0.1) is 0 Å². The van der Waals surface area contributed by atoms with Crippen molar-refractivity contribution in [1.29, 1.82) is 0 Å². The van der Waals surface area contributed by atoms with E-state index in [9.17, 15) is 19.5 Å². The van der Waals surface area contributed by atoms with Crippen molar-refractivity contribution in [3.8, 4) is 5.75 Å². The monoisotopic (exact) mass is 537 g/mol. The summed E-state index contributed by atoms with van der Waals surface area (Å²) < 4.78 is 5.47. The number of carbonyl (C=O) groups is 3. The van der Waals surface area contributed by atoms with E-state index in [1.165, 1.54) is 11.0 Å². The van der Waals surface area contributed by atoms with E-state index >= 15 is 0 Å². The van der Waals surface area contributed by atoms with Crippen LogP contribution in [-0.2, 0) is 20.7 Å². The summed E-state index contributed by atoms with van der Waals surface area (Å²) in [5.41, 5.74) is 0.436. The highest BCUT2D eigenvalue weighted by molar-refractivity contribution is 5.93. The first-order valence-electron chi connectivity index (χ1n) is 13.9. The van der Waals surface area contributed by atoms with Gasteiger partial charge in [0.25, 0.3) is 0 Å². The molecule has 0 bridgehead atoms. The van der Waals surface area contributed by atoms with Crippen LogP contribution in [0.1, 0.15) is 83.9 Å². The van der Waals surface area contributed by atoms with E-state index in [2.05, 4.69) is 10.6 Å². The first-order valence-corrected chi connectivity index (χ1v) is 13.9. The molecule has 212 valence electrons. The average molecular weight is 538 g/mol. The fraction of sp³-hybridized carbons (Fsp3) is 0.516. The van der Waals surface area contributed by atoms with Gasteiger partial charge < -0.3 is 25.4 Å². The molecular formula is C31H43N3O5. The number of para-hydroxylation sites is 1. The Morgan fingerprint density at radius 3 is 2.18 bits per heavy atom. The highest BCUT2D eigenvalue weighted by Crippen LogP contribution is 2.32. The number of phenolic OH excluding ortho intramolecular Hbond substituents is 1. The Balaban J connectivity index is 2.00. The second kappa shape index (κ2) is 13.5. The van der Waals surface area contributed by atoms with Gasteiger partial charge in [-0.25, -0.2) is 4.79 Å². The third-order valence-corrected chi connectivity index (χ3v) is 6.79. The molecule has 1 aliphatic rings. The molecule has 8 nitrogen and oxygen atoms in total. The highest BCUT2D eigenvalue weighted by Gasteiger charge is 2.39. The lowest BCUT2D eigenvalue weighted by Crippen LogP contribution is -2.56. The van der Waals surface area contributed by atoms with Crippen molar-refractivity contribution in [3.05, 3.63) is 65.7 Å². The summed E-state index contributed by atoms with van der Waals surface area (Å²) in [6.07, 6.45) is 4.47. The Bertz CT molecular complexity index is 1110. The molecule has 0 spiro atoms. The molecule has 0 saturated heterocycles. The average Bonchev–Trinajstić information content (AvgIpc) is 2.87. The van der Waals surface area contributed by atoms with Crippen molar-refractivity contribution >= 4 is 17.9 Å². The number of nitrogens with one attached hydrogen (secondary N) is 2. The van der Waals surface area contributed by atoms with E-state index in [-0.39, 0.29) is 24.1 Å². The Morgan fingerprint density at radius 1 is 0.974 bits per heavy atom. The van der Waals surface area contributed by atoms with Gasteiger partial charge in [-0.05, 0) is 59.1 Å². The zero-order valence-corrected chi connectivity index (χ0v) is 23.8. The van der Waals surface area contributed by atoms with Crippen LogP contribution < -0.4 is 10.6 Å². The number of hydrogen-bond acceptors (Lipinski definition) is 5. The molecule has 1 aliphatic carbocycles. The summed E-state index contributed by atoms with van der Waals surface area (Å²) in [5.74, 6) is -0.854. The SMILES string of the molecule is CC(C)N(C(=O)C(Cc1ccccc1)NC(=O)OC(C)(C)C)C(C(=O)NC1CCCCC1)c1ccccc1O. The normalized spacial score (nSPS) is 15.7. The maximum atomic E-state index is 14.3. The van der Waals surface area contributed by atoms with Crippen LogP contribution in [0.2, 0.25) is 0 Å². The first-order chi connectivity index (χ1) is 18.5. The Kier molecular flexibility index (Phi) is 10.4. The van der Waals surface area contributed by atoms with Crippen LogP contribution in [0.5, 0.6) is 5.75 Å². The van der Waals surface area contributed by atoms with Gasteiger partial charge in [0.15, 0.2) is 0 Å². The molecule has 39 heavy (non-hydrogen) atoms. The molecular weight excluding hydrogens is 494 g/mol. The van der Waals surface area contributed by atoms with E-state index in [1.54, 1.807) is 39.0 Å². The minimum Gasteiger partial charge on any atom is -0.508 e. The summed E-state index contributed by atoms with van der Waals surface area (Å²) in [6.45, 7) is 8.91. The van der Waals surface area contributed by atoms with Gasteiger partial charge in [0, 0.05) is 24.1 Å². The van der Waals surface area contributed by atoms with E-state index in [4.69, 9.17) is 4.74 Å². The molecule has 0 aromatic heterocycles. The lowest BCUT2D eigenvalue weighted by atomic mass is 9.94. The predicted octanol–water partition coefficient (Wildman–Crippen LogP) is 5.26. The summed E-state index contributed by atoms with van der Waals surface area (Å²) in [4.78, 5) is 42.5. The van der Waals surface area contributed by atoms with E-state index in [1.807, 2.05) is 44.2 Å². The van der Waals surface area contributed by atoms with Crippen LogP contribution in [0.15, 0.2) is 54.6 Å². The molecule has 8 heteroatoms. The smallest absolute Gasteiger partial charge is 0.408 e. The van der Waals surface area contributed by atoms with Crippen LogP contribution >= 0.6 is 0 Å². The molecule has 1 saturated carbocycles. The van der Waals surface area contributed by atoms with Crippen LogP contribution in [-0.4, -0.2) is 51.6 Å². The summed E-state index contributed by atoms with van der Waals surface area (Å²) in [7, 11) is 0.